The van der Waals surface area contributed by atoms with Crippen molar-refractivity contribution in [3.63, 3.8) is 0 Å². The molecular weight excluding hydrogens is 476 g/mol. The first-order valence-corrected chi connectivity index (χ1v) is 12.5. The van der Waals surface area contributed by atoms with Crippen LogP contribution in [0.1, 0.15) is 29.8 Å². The molecule has 0 aromatic heterocycles. The van der Waals surface area contributed by atoms with Crippen molar-refractivity contribution in [1.29, 1.82) is 0 Å². The summed E-state index contributed by atoms with van der Waals surface area (Å²) in [6.07, 6.45) is 1.60. The monoisotopic (exact) mass is 504 g/mol. The molecule has 0 atom stereocenters. The lowest BCUT2D eigenvalue weighted by Gasteiger charge is -2.12. The maximum atomic E-state index is 13.2. The van der Waals surface area contributed by atoms with Gasteiger partial charge in [0.15, 0.2) is 0 Å². The molecular formula is C28H28N2O5S. The molecule has 0 radical (unpaired) electrons. The van der Waals surface area contributed by atoms with E-state index in [-0.39, 0.29) is 17.4 Å². The van der Waals surface area contributed by atoms with Gasteiger partial charge in [-0.05, 0) is 68.0 Å². The van der Waals surface area contributed by atoms with E-state index < -0.39 is 11.8 Å². The number of hydrogen-bond donors (Lipinski definition) is 2. The van der Waals surface area contributed by atoms with Crippen LogP contribution in [0.4, 0.5) is 5.69 Å². The minimum Gasteiger partial charge on any atom is -0.494 e. The van der Waals surface area contributed by atoms with Crippen molar-refractivity contribution in [3.05, 3.63) is 95.7 Å². The number of rotatable bonds is 11. The number of anilines is 1. The largest absolute Gasteiger partial charge is 0.494 e. The van der Waals surface area contributed by atoms with Crippen molar-refractivity contribution >= 4 is 41.3 Å². The maximum Gasteiger partial charge on any atom is 0.316 e. The van der Waals surface area contributed by atoms with Gasteiger partial charge in [0.2, 0.25) is 0 Å². The predicted molar refractivity (Wildman–Crippen MR) is 142 cm³/mol. The van der Waals surface area contributed by atoms with Crippen LogP contribution in [-0.2, 0) is 14.3 Å². The summed E-state index contributed by atoms with van der Waals surface area (Å²) in [5.74, 6) is -0.309. The van der Waals surface area contributed by atoms with E-state index in [1.54, 1.807) is 79.7 Å². The smallest absolute Gasteiger partial charge is 0.316 e. The third-order valence-corrected chi connectivity index (χ3v) is 5.75. The van der Waals surface area contributed by atoms with E-state index in [0.29, 0.717) is 30.2 Å². The van der Waals surface area contributed by atoms with Gasteiger partial charge < -0.3 is 20.1 Å². The van der Waals surface area contributed by atoms with Gasteiger partial charge in [0, 0.05) is 16.1 Å². The molecule has 0 bridgehead atoms. The molecule has 8 heteroatoms. The average Bonchev–Trinajstić information content (AvgIpc) is 2.89. The summed E-state index contributed by atoms with van der Waals surface area (Å²) in [5, 5.41) is 5.55. The Kier molecular flexibility index (Phi) is 10.1. The zero-order chi connectivity index (χ0) is 25.8. The van der Waals surface area contributed by atoms with Gasteiger partial charge in [0.1, 0.15) is 11.4 Å². The van der Waals surface area contributed by atoms with Gasteiger partial charge in [-0.15, -0.1) is 11.8 Å². The van der Waals surface area contributed by atoms with Crippen LogP contribution >= 0.6 is 11.8 Å². The van der Waals surface area contributed by atoms with Gasteiger partial charge in [0.05, 0.1) is 19.0 Å². The van der Waals surface area contributed by atoms with Crippen LogP contribution in [-0.4, -0.2) is 36.8 Å². The van der Waals surface area contributed by atoms with E-state index in [0.717, 1.165) is 10.5 Å². The van der Waals surface area contributed by atoms with Gasteiger partial charge in [-0.3, -0.25) is 14.4 Å². The van der Waals surface area contributed by atoms with Crippen molar-refractivity contribution < 1.29 is 23.9 Å². The summed E-state index contributed by atoms with van der Waals surface area (Å²) in [6, 6.07) is 23.0. The molecule has 0 saturated heterocycles. The number of thioether (sulfide) groups is 1. The Bertz CT molecular complexity index is 1210. The van der Waals surface area contributed by atoms with Crippen LogP contribution in [0.2, 0.25) is 0 Å². The predicted octanol–water partition coefficient (Wildman–Crippen LogP) is 5.15. The van der Waals surface area contributed by atoms with Crippen molar-refractivity contribution in [2.75, 3.05) is 24.3 Å². The molecule has 0 unspecified atom stereocenters. The lowest BCUT2D eigenvalue weighted by Crippen LogP contribution is -2.30. The highest BCUT2D eigenvalue weighted by atomic mass is 32.2. The van der Waals surface area contributed by atoms with Crippen molar-refractivity contribution in [2.24, 2.45) is 0 Å². The molecule has 186 valence electrons. The Morgan fingerprint density at radius 3 is 2.33 bits per heavy atom. The van der Waals surface area contributed by atoms with Crippen LogP contribution in [0, 0.1) is 0 Å². The highest BCUT2D eigenvalue weighted by Crippen LogP contribution is 2.22. The molecule has 0 heterocycles. The van der Waals surface area contributed by atoms with Gasteiger partial charge in [-0.2, -0.15) is 0 Å². The molecule has 7 nitrogen and oxygen atoms in total. The molecule has 3 aromatic carbocycles. The van der Waals surface area contributed by atoms with Gasteiger partial charge in [0.25, 0.3) is 11.8 Å². The fourth-order valence-electron chi connectivity index (χ4n) is 3.14. The topological polar surface area (TPSA) is 93.7 Å². The number of carbonyl (C=O) groups excluding carboxylic acids is 3. The first-order chi connectivity index (χ1) is 17.5. The molecule has 2 amide bonds. The zero-order valence-electron chi connectivity index (χ0n) is 20.2. The van der Waals surface area contributed by atoms with E-state index in [9.17, 15) is 14.4 Å². The summed E-state index contributed by atoms with van der Waals surface area (Å²) in [7, 11) is 0. The van der Waals surface area contributed by atoms with Gasteiger partial charge >= 0.3 is 5.97 Å². The molecule has 2 N–H and O–H groups in total. The number of esters is 1. The van der Waals surface area contributed by atoms with Crippen LogP contribution in [0.15, 0.2) is 89.5 Å². The summed E-state index contributed by atoms with van der Waals surface area (Å²) in [5.41, 5.74) is 1.76. The van der Waals surface area contributed by atoms with Gasteiger partial charge in [-0.25, -0.2) is 0 Å². The highest BCUT2D eigenvalue weighted by molar-refractivity contribution is 8.00. The fraction of sp³-hybridized carbons (Fsp3) is 0.179. The van der Waals surface area contributed by atoms with Crippen molar-refractivity contribution in [1.82, 2.24) is 5.32 Å². The molecule has 3 rings (SSSR count). The number of hydrogen-bond acceptors (Lipinski definition) is 6. The number of ether oxygens (including phenoxy) is 2. The lowest BCUT2D eigenvalue weighted by molar-refractivity contribution is -0.139. The number of carbonyl (C=O) groups is 3. The SMILES string of the molecule is CCOC(=O)CSc1cccc(NC(=O)/C(=C\c2ccc(OCC)cc2)NC(=O)c2ccccc2)c1. The Hall–Kier alpha value is -4.04. The van der Waals surface area contributed by atoms with E-state index in [4.69, 9.17) is 9.47 Å². The zero-order valence-corrected chi connectivity index (χ0v) is 21.0. The second-order valence-corrected chi connectivity index (χ2v) is 8.50. The van der Waals surface area contributed by atoms with Crippen molar-refractivity contribution in [2.45, 2.75) is 18.7 Å². The first kappa shape index (κ1) is 26.6. The van der Waals surface area contributed by atoms with E-state index in [2.05, 4.69) is 10.6 Å². The maximum absolute atomic E-state index is 13.2. The first-order valence-electron chi connectivity index (χ1n) is 11.5. The Morgan fingerprint density at radius 1 is 0.889 bits per heavy atom. The van der Waals surface area contributed by atoms with E-state index in [1.165, 1.54) is 11.8 Å². The molecule has 0 fully saturated rings. The van der Waals surface area contributed by atoms with Crippen molar-refractivity contribution in [3.8, 4) is 5.75 Å². The third kappa shape index (κ3) is 8.32. The molecule has 3 aromatic rings. The Morgan fingerprint density at radius 2 is 1.64 bits per heavy atom. The standard InChI is InChI=1S/C28H28N2O5S/c1-3-34-23-15-13-20(14-16-23)17-25(30-27(32)21-9-6-5-7-10-21)28(33)29-22-11-8-12-24(18-22)36-19-26(31)35-4-2/h5-18H,3-4,19H2,1-2H3,(H,29,33)(H,30,32)/b25-17+. The Labute approximate surface area is 214 Å². The highest BCUT2D eigenvalue weighted by Gasteiger charge is 2.15. The molecule has 0 aliphatic carbocycles. The van der Waals surface area contributed by atoms with Gasteiger partial charge in [-0.1, -0.05) is 36.4 Å². The average molecular weight is 505 g/mol. The number of nitrogens with one attached hydrogen (secondary N) is 2. The Balaban J connectivity index is 1.79. The molecule has 0 saturated carbocycles. The molecule has 36 heavy (non-hydrogen) atoms. The lowest BCUT2D eigenvalue weighted by atomic mass is 10.1. The number of benzene rings is 3. The number of amides is 2. The molecule has 0 aliphatic rings. The minimum absolute atomic E-state index is 0.0811. The minimum atomic E-state index is -0.485. The van der Waals surface area contributed by atoms with Crippen LogP contribution in [0.5, 0.6) is 5.75 Å². The summed E-state index contributed by atoms with van der Waals surface area (Å²) in [6.45, 7) is 4.54. The van der Waals surface area contributed by atoms with E-state index >= 15 is 0 Å². The molecule has 0 aliphatic heterocycles. The van der Waals surface area contributed by atoms with Crippen LogP contribution < -0.4 is 15.4 Å². The third-order valence-electron chi connectivity index (χ3n) is 4.78. The fourth-order valence-corrected chi connectivity index (χ4v) is 3.90. The van der Waals surface area contributed by atoms with Crippen LogP contribution in [0.25, 0.3) is 6.08 Å². The second kappa shape index (κ2) is 13.7. The second-order valence-electron chi connectivity index (χ2n) is 7.46. The normalized spacial score (nSPS) is 10.9. The van der Waals surface area contributed by atoms with Crippen LogP contribution in [0.3, 0.4) is 0 Å². The summed E-state index contributed by atoms with van der Waals surface area (Å²) < 4.78 is 10.4. The summed E-state index contributed by atoms with van der Waals surface area (Å²) in [4.78, 5) is 38.5. The quantitative estimate of drug-likeness (QED) is 0.213. The summed E-state index contributed by atoms with van der Waals surface area (Å²) >= 11 is 1.31. The molecule has 0 spiro atoms. The van der Waals surface area contributed by atoms with E-state index in [1.807, 2.05) is 19.1 Å².